The number of carbonyl (C=O) groups excluding carboxylic acids is 1. The number of benzene rings is 1. The Bertz CT molecular complexity index is 426. The maximum Gasteiger partial charge on any atom is 0.254 e. The lowest BCUT2D eigenvalue weighted by molar-refractivity contribution is 0.0949. The van der Waals surface area contributed by atoms with Gasteiger partial charge in [-0.25, -0.2) is 8.78 Å². The molecule has 3 nitrogen and oxygen atoms in total. The summed E-state index contributed by atoms with van der Waals surface area (Å²) in [5, 5.41) is 2.72. The standard InChI is InChI=1S/C11H14F2N2OS/c1-6(17-2)5-15-11(16)8-3-7(12)4-9(14)10(8)13/h3-4,6H,5,14H2,1-2H3,(H,15,16). The highest BCUT2D eigenvalue weighted by atomic mass is 32.2. The Morgan fingerprint density at radius 2 is 2.18 bits per heavy atom. The molecule has 0 bridgehead atoms. The molecule has 0 heterocycles. The summed E-state index contributed by atoms with van der Waals surface area (Å²) >= 11 is 1.57. The van der Waals surface area contributed by atoms with Crippen LogP contribution in [-0.2, 0) is 0 Å². The van der Waals surface area contributed by atoms with Crippen LogP contribution < -0.4 is 11.1 Å². The molecule has 1 aromatic carbocycles. The fraction of sp³-hybridized carbons (Fsp3) is 0.364. The van der Waals surface area contributed by atoms with E-state index in [1.54, 1.807) is 11.8 Å². The minimum atomic E-state index is -0.888. The molecule has 0 aliphatic heterocycles. The van der Waals surface area contributed by atoms with Crippen LogP contribution in [0.1, 0.15) is 17.3 Å². The average molecular weight is 260 g/mol. The molecule has 0 aromatic heterocycles. The van der Waals surface area contributed by atoms with Crippen LogP contribution in [0.15, 0.2) is 12.1 Å². The van der Waals surface area contributed by atoms with Gasteiger partial charge in [-0.3, -0.25) is 4.79 Å². The van der Waals surface area contributed by atoms with Gasteiger partial charge >= 0.3 is 0 Å². The van der Waals surface area contributed by atoms with Crippen LogP contribution in [-0.4, -0.2) is 24.0 Å². The highest BCUT2D eigenvalue weighted by Gasteiger charge is 2.16. The maximum absolute atomic E-state index is 13.5. The lowest BCUT2D eigenvalue weighted by Crippen LogP contribution is -2.30. The minimum Gasteiger partial charge on any atom is -0.396 e. The summed E-state index contributed by atoms with van der Waals surface area (Å²) in [6.07, 6.45) is 1.90. The molecule has 1 unspecified atom stereocenters. The lowest BCUT2D eigenvalue weighted by Gasteiger charge is -2.11. The van der Waals surface area contributed by atoms with Gasteiger partial charge in [0.15, 0.2) is 5.82 Å². The van der Waals surface area contributed by atoms with Crippen molar-refractivity contribution in [3.63, 3.8) is 0 Å². The van der Waals surface area contributed by atoms with Crippen molar-refractivity contribution in [3.8, 4) is 0 Å². The van der Waals surface area contributed by atoms with Crippen LogP contribution in [0.3, 0.4) is 0 Å². The van der Waals surface area contributed by atoms with Crippen molar-refractivity contribution in [1.82, 2.24) is 5.32 Å². The van der Waals surface area contributed by atoms with Crippen LogP contribution in [0.25, 0.3) is 0 Å². The molecule has 3 N–H and O–H groups in total. The molecule has 94 valence electrons. The van der Waals surface area contributed by atoms with E-state index in [9.17, 15) is 13.6 Å². The summed E-state index contributed by atoms with van der Waals surface area (Å²) < 4.78 is 26.5. The van der Waals surface area contributed by atoms with E-state index in [0.29, 0.717) is 6.54 Å². The predicted molar refractivity (Wildman–Crippen MR) is 66.1 cm³/mol. The first-order valence-electron chi connectivity index (χ1n) is 5.01. The Morgan fingerprint density at radius 1 is 1.53 bits per heavy atom. The number of thioether (sulfide) groups is 1. The Balaban J connectivity index is 2.82. The highest BCUT2D eigenvalue weighted by molar-refractivity contribution is 7.99. The van der Waals surface area contributed by atoms with E-state index in [1.165, 1.54) is 0 Å². The van der Waals surface area contributed by atoms with Gasteiger partial charge in [-0.05, 0) is 18.4 Å². The third kappa shape index (κ3) is 3.59. The van der Waals surface area contributed by atoms with Gasteiger partial charge in [-0.15, -0.1) is 0 Å². The molecule has 6 heteroatoms. The summed E-state index contributed by atoms with van der Waals surface area (Å²) in [4.78, 5) is 11.6. The molecule has 0 aliphatic carbocycles. The predicted octanol–water partition coefficient (Wildman–Crippen LogP) is 2.03. The first kappa shape index (κ1) is 13.8. The van der Waals surface area contributed by atoms with Crippen molar-refractivity contribution in [2.45, 2.75) is 12.2 Å². The first-order chi connectivity index (χ1) is 7.95. The van der Waals surface area contributed by atoms with Crippen molar-refractivity contribution in [2.24, 2.45) is 0 Å². The first-order valence-corrected chi connectivity index (χ1v) is 6.30. The SMILES string of the molecule is CSC(C)CNC(=O)c1cc(F)cc(N)c1F. The maximum atomic E-state index is 13.5. The number of carbonyl (C=O) groups is 1. The monoisotopic (exact) mass is 260 g/mol. The van der Waals surface area contributed by atoms with Gasteiger partial charge in [0.1, 0.15) is 5.82 Å². The van der Waals surface area contributed by atoms with Crippen LogP contribution in [0.2, 0.25) is 0 Å². The number of halogens is 2. The molecule has 0 saturated heterocycles. The molecule has 0 spiro atoms. The van der Waals surface area contributed by atoms with Crippen molar-refractivity contribution in [1.29, 1.82) is 0 Å². The minimum absolute atomic E-state index is 0.202. The molecule has 1 rings (SSSR count). The molecule has 0 saturated carbocycles. The Morgan fingerprint density at radius 3 is 2.76 bits per heavy atom. The number of rotatable bonds is 4. The van der Waals surface area contributed by atoms with E-state index < -0.39 is 17.5 Å². The zero-order valence-corrected chi connectivity index (χ0v) is 10.4. The van der Waals surface area contributed by atoms with Gasteiger partial charge in [0.2, 0.25) is 0 Å². The van der Waals surface area contributed by atoms with E-state index in [2.05, 4.69) is 5.32 Å². The number of amides is 1. The summed E-state index contributed by atoms with van der Waals surface area (Å²) in [6.45, 7) is 2.30. The second kappa shape index (κ2) is 5.86. The second-order valence-electron chi connectivity index (χ2n) is 3.61. The van der Waals surface area contributed by atoms with E-state index >= 15 is 0 Å². The molecule has 1 amide bonds. The van der Waals surface area contributed by atoms with Crippen LogP contribution in [0.5, 0.6) is 0 Å². The molecule has 17 heavy (non-hydrogen) atoms. The fourth-order valence-electron chi connectivity index (χ4n) is 1.19. The largest absolute Gasteiger partial charge is 0.396 e. The number of nitrogen functional groups attached to an aromatic ring is 1. The molecular weight excluding hydrogens is 246 g/mol. The fourth-order valence-corrected chi connectivity index (χ4v) is 1.44. The number of nitrogens with two attached hydrogens (primary N) is 1. The smallest absolute Gasteiger partial charge is 0.254 e. The van der Waals surface area contributed by atoms with E-state index in [1.807, 2.05) is 13.2 Å². The summed E-state index contributed by atoms with van der Waals surface area (Å²) in [5.41, 5.74) is 4.51. The Kier molecular flexibility index (Phi) is 4.74. The van der Waals surface area contributed by atoms with Gasteiger partial charge in [-0.1, -0.05) is 6.92 Å². The van der Waals surface area contributed by atoms with E-state index in [0.717, 1.165) is 12.1 Å². The van der Waals surface area contributed by atoms with Crippen molar-refractivity contribution >= 4 is 23.4 Å². The van der Waals surface area contributed by atoms with E-state index in [-0.39, 0.29) is 16.5 Å². The molecule has 1 aromatic rings. The van der Waals surface area contributed by atoms with Gasteiger partial charge < -0.3 is 11.1 Å². The third-order valence-corrected chi connectivity index (χ3v) is 3.23. The molecule has 0 radical (unpaired) electrons. The zero-order valence-electron chi connectivity index (χ0n) is 9.59. The van der Waals surface area contributed by atoms with Crippen molar-refractivity contribution in [2.75, 3.05) is 18.5 Å². The van der Waals surface area contributed by atoms with Gasteiger partial charge in [0.05, 0.1) is 11.3 Å². The topological polar surface area (TPSA) is 55.1 Å². The van der Waals surface area contributed by atoms with Gasteiger partial charge in [0.25, 0.3) is 5.91 Å². The molecule has 0 fully saturated rings. The number of hydrogen-bond acceptors (Lipinski definition) is 3. The van der Waals surface area contributed by atoms with Crippen LogP contribution in [0, 0.1) is 11.6 Å². The summed E-state index contributed by atoms with van der Waals surface area (Å²) in [6, 6.07) is 1.68. The zero-order chi connectivity index (χ0) is 13.0. The number of anilines is 1. The Labute approximate surface area is 103 Å². The number of nitrogens with one attached hydrogen (secondary N) is 1. The normalized spacial score (nSPS) is 12.2. The molecule has 1 atom stereocenters. The summed E-state index contributed by atoms with van der Waals surface area (Å²) in [7, 11) is 0. The third-order valence-electron chi connectivity index (χ3n) is 2.26. The van der Waals surface area contributed by atoms with Gasteiger partial charge in [-0.2, -0.15) is 11.8 Å². The van der Waals surface area contributed by atoms with Crippen molar-refractivity contribution < 1.29 is 13.6 Å². The Hall–Kier alpha value is -1.30. The molecule has 0 aliphatic rings. The highest BCUT2D eigenvalue weighted by Crippen LogP contribution is 2.17. The van der Waals surface area contributed by atoms with Crippen LogP contribution >= 0.6 is 11.8 Å². The second-order valence-corrected chi connectivity index (χ2v) is 4.89. The van der Waals surface area contributed by atoms with Crippen LogP contribution in [0.4, 0.5) is 14.5 Å². The van der Waals surface area contributed by atoms with E-state index in [4.69, 9.17) is 5.73 Å². The molecular formula is C11H14F2N2OS. The quantitative estimate of drug-likeness (QED) is 0.814. The summed E-state index contributed by atoms with van der Waals surface area (Å²) in [5.74, 6) is -2.28. The van der Waals surface area contributed by atoms with Gasteiger partial charge in [0, 0.05) is 11.8 Å². The lowest BCUT2D eigenvalue weighted by atomic mass is 10.1. The van der Waals surface area contributed by atoms with Crippen molar-refractivity contribution in [3.05, 3.63) is 29.3 Å². The average Bonchev–Trinajstić information content (AvgIpc) is 2.30. The number of hydrogen-bond donors (Lipinski definition) is 2.